The molecular weight excluding hydrogens is 264 g/mol. The zero-order chi connectivity index (χ0) is 14.3. The first-order chi connectivity index (χ1) is 9.15. The van der Waals surface area contributed by atoms with Gasteiger partial charge in [-0.3, -0.25) is 4.79 Å². The van der Waals surface area contributed by atoms with Gasteiger partial charge in [0.25, 0.3) is 0 Å². The summed E-state index contributed by atoms with van der Waals surface area (Å²) in [7, 11) is 1.59. The van der Waals surface area contributed by atoms with E-state index in [9.17, 15) is 4.79 Å². The first kappa shape index (κ1) is 16.0. The number of Topliss-reactive ketones (excluding diaryl/α,β-unsaturated/α-hetero) is 1. The Labute approximate surface area is 118 Å². The highest BCUT2D eigenvalue weighted by molar-refractivity contribution is 7.16. The number of carbonyl (C=O) groups excluding carboxylic acids is 1. The van der Waals surface area contributed by atoms with Gasteiger partial charge in [-0.05, 0) is 19.3 Å². The van der Waals surface area contributed by atoms with Crippen molar-refractivity contribution in [3.63, 3.8) is 0 Å². The van der Waals surface area contributed by atoms with Crippen LogP contribution >= 0.6 is 11.3 Å². The number of carbonyl (C=O) groups is 1. The third-order valence-electron chi connectivity index (χ3n) is 2.73. The summed E-state index contributed by atoms with van der Waals surface area (Å²) in [6, 6.07) is 0. The molecule has 5 heteroatoms. The Bertz CT molecular complexity index is 412. The molecule has 0 bridgehead atoms. The minimum absolute atomic E-state index is 0.00408. The maximum absolute atomic E-state index is 11.6. The van der Waals surface area contributed by atoms with E-state index in [1.165, 1.54) is 11.3 Å². The third-order valence-corrected chi connectivity index (χ3v) is 3.96. The van der Waals surface area contributed by atoms with Crippen molar-refractivity contribution in [1.82, 2.24) is 0 Å². The molecule has 0 unspecified atom stereocenters. The van der Waals surface area contributed by atoms with E-state index in [1.54, 1.807) is 14.0 Å². The van der Waals surface area contributed by atoms with Crippen LogP contribution in [0, 0.1) is 0 Å². The van der Waals surface area contributed by atoms with Gasteiger partial charge >= 0.3 is 0 Å². The van der Waals surface area contributed by atoms with Gasteiger partial charge in [-0.15, -0.1) is 0 Å². The number of aliphatic hydroxyl groups excluding tert-OH is 1. The van der Waals surface area contributed by atoms with Crippen LogP contribution in [-0.4, -0.2) is 31.2 Å². The van der Waals surface area contributed by atoms with Crippen LogP contribution < -0.4 is 9.47 Å². The van der Waals surface area contributed by atoms with E-state index in [-0.39, 0.29) is 12.4 Å². The summed E-state index contributed by atoms with van der Waals surface area (Å²) in [5, 5.41) is 9.52. The minimum atomic E-state index is 0.00408. The Hall–Kier alpha value is -1.07. The summed E-state index contributed by atoms with van der Waals surface area (Å²) >= 11 is 1.36. The lowest BCUT2D eigenvalue weighted by molar-refractivity contribution is 0.101. The predicted molar refractivity (Wildman–Crippen MR) is 76.7 cm³/mol. The van der Waals surface area contributed by atoms with Gasteiger partial charge in [-0.25, -0.2) is 0 Å². The molecule has 0 saturated heterocycles. The van der Waals surface area contributed by atoms with Crippen LogP contribution in [0.1, 0.15) is 48.3 Å². The average Bonchev–Trinajstić information content (AvgIpc) is 2.73. The number of aliphatic hydroxyl groups is 1. The predicted octanol–water partition coefficient (Wildman–Crippen LogP) is 3.06. The molecule has 0 aliphatic carbocycles. The number of ether oxygens (including phenoxy) is 2. The summed E-state index contributed by atoms with van der Waals surface area (Å²) in [5.41, 5.74) is 0.990. The number of methoxy groups -OCH3 is 1. The summed E-state index contributed by atoms with van der Waals surface area (Å²) < 4.78 is 11.1. The van der Waals surface area contributed by atoms with E-state index in [0.29, 0.717) is 17.2 Å². The number of ketones is 1. The molecule has 1 rings (SSSR count). The second kappa shape index (κ2) is 8.17. The van der Waals surface area contributed by atoms with Crippen molar-refractivity contribution < 1.29 is 19.4 Å². The molecule has 1 aromatic rings. The van der Waals surface area contributed by atoms with E-state index in [2.05, 4.69) is 6.92 Å². The molecule has 1 heterocycles. The molecule has 1 aromatic heterocycles. The van der Waals surface area contributed by atoms with E-state index in [1.807, 2.05) is 0 Å². The van der Waals surface area contributed by atoms with Gasteiger partial charge < -0.3 is 14.6 Å². The molecular formula is C14H22O4S. The van der Waals surface area contributed by atoms with E-state index < -0.39 is 0 Å². The fraction of sp³-hybridized carbons (Fsp3) is 0.643. The molecule has 0 fully saturated rings. The molecule has 19 heavy (non-hydrogen) atoms. The normalized spacial score (nSPS) is 10.5. The highest BCUT2D eigenvalue weighted by Gasteiger charge is 2.22. The largest absolute Gasteiger partial charge is 0.495 e. The Morgan fingerprint density at radius 2 is 2.11 bits per heavy atom. The SMILES string of the molecule is CCCc1c(OCCCCO)sc(C(C)=O)c1OC. The molecule has 0 aromatic carbocycles. The molecule has 0 aliphatic rings. The van der Waals surface area contributed by atoms with Crippen molar-refractivity contribution in [3.8, 4) is 10.8 Å². The van der Waals surface area contributed by atoms with Crippen LogP contribution in [0.3, 0.4) is 0 Å². The van der Waals surface area contributed by atoms with Gasteiger partial charge in [0.15, 0.2) is 10.8 Å². The third kappa shape index (κ3) is 4.21. The van der Waals surface area contributed by atoms with Crippen molar-refractivity contribution >= 4 is 17.1 Å². The van der Waals surface area contributed by atoms with Crippen molar-refractivity contribution in [2.24, 2.45) is 0 Å². The molecule has 4 nitrogen and oxygen atoms in total. The maximum Gasteiger partial charge on any atom is 0.181 e. The number of hydrogen-bond acceptors (Lipinski definition) is 5. The fourth-order valence-electron chi connectivity index (χ4n) is 1.84. The number of unbranched alkanes of at least 4 members (excludes halogenated alkanes) is 1. The van der Waals surface area contributed by atoms with E-state index in [0.717, 1.165) is 36.3 Å². The standard InChI is InChI=1S/C14H22O4S/c1-4-7-11-12(17-3)13(10(2)16)19-14(11)18-9-6-5-8-15/h15H,4-9H2,1-3H3. The minimum Gasteiger partial charge on any atom is -0.495 e. The van der Waals surface area contributed by atoms with Gasteiger partial charge in [-0.1, -0.05) is 24.7 Å². The van der Waals surface area contributed by atoms with Crippen LogP contribution in [-0.2, 0) is 6.42 Å². The number of rotatable bonds is 9. The maximum atomic E-state index is 11.6. The van der Waals surface area contributed by atoms with Crippen LogP contribution in [0.15, 0.2) is 0 Å². The zero-order valence-electron chi connectivity index (χ0n) is 11.8. The van der Waals surface area contributed by atoms with Gasteiger partial charge in [0, 0.05) is 19.1 Å². The lowest BCUT2D eigenvalue weighted by atomic mass is 10.1. The quantitative estimate of drug-likeness (QED) is 0.560. The molecule has 0 aliphatic heterocycles. The Kier molecular flexibility index (Phi) is 6.87. The Morgan fingerprint density at radius 1 is 1.37 bits per heavy atom. The monoisotopic (exact) mass is 286 g/mol. The molecule has 0 saturated carbocycles. The van der Waals surface area contributed by atoms with Crippen LogP contribution in [0.2, 0.25) is 0 Å². The molecule has 0 radical (unpaired) electrons. The number of thiophene rings is 1. The average molecular weight is 286 g/mol. The Morgan fingerprint density at radius 3 is 2.63 bits per heavy atom. The van der Waals surface area contributed by atoms with E-state index >= 15 is 0 Å². The summed E-state index contributed by atoms with van der Waals surface area (Å²) in [6.07, 6.45) is 3.34. The summed E-state index contributed by atoms with van der Waals surface area (Å²) in [4.78, 5) is 12.2. The molecule has 0 atom stereocenters. The van der Waals surface area contributed by atoms with Gasteiger partial charge in [-0.2, -0.15) is 0 Å². The van der Waals surface area contributed by atoms with Crippen molar-refractivity contribution in [2.75, 3.05) is 20.3 Å². The molecule has 1 N–H and O–H groups in total. The molecule has 108 valence electrons. The topological polar surface area (TPSA) is 55.8 Å². The van der Waals surface area contributed by atoms with Crippen molar-refractivity contribution in [1.29, 1.82) is 0 Å². The lowest BCUT2D eigenvalue weighted by Crippen LogP contribution is -2.00. The number of hydrogen-bond donors (Lipinski definition) is 1. The van der Waals surface area contributed by atoms with Gasteiger partial charge in [0.1, 0.15) is 10.6 Å². The van der Waals surface area contributed by atoms with Crippen molar-refractivity contribution in [2.45, 2.75) is 39.5 Å². The summed E-state index contributed by atoms with van der Waals surface area (Å²) in [5.74, 6) is 0.668. The van der Waals surface area contributed by atoms with Crippen LogP contribution in [0.5, 0.6) is 10.8 Å². The molecule has 0 amide bonds. The highest BCUT2D eigenvalue weighted by atomic mass is 32.1. The van der Waals surface area contributed by atoms with Crippen molar-refractivity contribution in [3.05, 3.63) is 10.4 Å². The van der Waals surface area contributed by atoms with Gasteiger partial charge in [0.2, 0.25) is 0 Å². The highest BCUT2D eigenvalue weighted by Crippen LogP contribution is 2.42. The Balaban J connectivity index is 2.91. The smallest absolute Gasteiger partial charge is 0.181 e. The first-order valence-electron chi connectivity index (χ1n) is 6.59. The fourth-order valence-corrected chi connectivity index (χ4v) is 2.93. The van der Waals surface area contributed by atoms with Crippen LogP contribution in [0.25, 0.3) is 0 Å². The van der Waals surface area contributed by atoms with E-state index in [4.69, 9.17) is 14.6 Å². The summed E-state index contributed by atoms with van der Waals surface area (Å²) in [6.45, 7) is 4.36. The second-order valence-corrected chi connectivity index (χ2v) is 5.30. The first-order valence-corrected chi connectivity index (χ1v) is 7.41. The van der Waals surface area contributed by atoms with Crippen LogP contribution in [0.4, 0.5) is 0 Å². The zero-order valence-corrected chi connectivity index (χ0v) is 12.6. The molecule has 0 spiro atoms. The lowest BCUT2D eigenvalue weighted by Gasteiger charge is -2.07. The second-order valence-electron chi connectivity index (χ2n) is 4.32. The van der Waals surface area contributed by atoms with Gasteiger partial charge in [0.05, 0.1) is 13.7 Å².